The molecule has 2 rings (SSSR count). The van der Waals surface area contributed by atoms with E-state index in [4.69, 9.17) is 4.74 Å². The summed E-state index contributed by atoms with van der Waals surface area (Å²) in [5, 5.41) is 3.28. The Balaban J connectivity index is 1.96. The number of halogens is 1. The van der Waals surface area contributed by atoms with Crippen molar-refractivity contribution in [2.45, 2.75) is 24.7 Å². The summed E-state index contributed by atoms with van der Waals surface area (Å²) in [7, 11) is -3.46. The second kappa shape index (κ2) is 7.58. The molecule has 7 heteroatoms. The van der Waals surface area contributed by atoms with Crippen molar-refractivity contribution >= 4 is 26.0 Å². The summed E-state index contributed by atoms with van der Waals surface area (Å²) >= 11 is 3.34. The van der Waals surface area contributed by atoms with Gasteiger partial charge in [0.25, 0.3) is 0 Å². The van der Waals surface area contributed by atoms with Gasteiger partial charge in [0.1, 0.15) is 5.75 Å². The number of sulfonamides is 1. The van der Waals surface area contributed by atoms with Gasteiger partial charge in [-0.15, -0.1) is 0 Å². The standard InChI is InChI=1S/C14H21BrN2O3S/c1-2-20-14-4-3-12(9-13(14)15)21(18,19)17-8-6-11-5-7-16-10-11/h3-4,9,11,16-17H,2,5-8,10H2,1H3. The zero-order chi connectivity index (χ0) is 15.3. The quantitative estimate of drug-likeness (QED) is 0.764. The molecule has 1 aliphatic heterocycles. The molecule has 1 heterocycles. The van der Waals surface area contributed by atoms with Crippen LogP contribution in [0.4, 0.5) is 0 Å². The number of nitrogens with one attached hydrogen (secondary N) is 2. The van der Waals surface area contributed by atoms with E-state index >= 15 is 0 Å². The van der Waals surface area contributed by atoms with E-state index in [0.29, 0.717) is 29.3 Å². The number of hydrogen-bond donors (Lipinski definition) is 2. The minimum atomic E-state index is -3.46. The molecular weight excluding hydrogens is 356 g/mol. The molecule has 118 valence electrons. The smallest absolute Gasteiger partial charge is 0.240 e. The largest absolute Gasteiger partial charge is 0.493 e. The summed E-state index contributed by atoms with van der Waals surface area (Å²) in [5.41, 5.74) is 0. The molecule has 1 atom stereocenters. The summed E-state index contributed by atoms with van der Waals surface area (Å²) in [6.07, 6.45) is 1.99. The Hall–Kier alpha value is -0.630. The van der Waals surface area contributed by atoms with Crippen LogP contribution in [0.15, 0.2) is 27.6 Å². The Labute approximate surface area is 134 Å². The van der Waals surface area contributed by atoms with Crippen LogP contribution in [0, 0.1) is 5.92 Å². The summed E-state index contributed by atoms with van der Waals surface area (Å²) in [6.45, 7) is 4.91. The molecule has 1 unspecified atom stereocenters. The molecular formula is C14H21BrN2O3S. The van der Waals surface area contributed by atoms with E-state index in [9.17, 15) is 8.42 Å². The van der Waals surface area contributed by atoms with E-state index in [1.165, 1.54) is 0 Å². The molecule has 1 fully saturated rings. The van der Waals surface area contributed by atoms with Crippen molar-refractivity contribution in [1.29, 1.82) is 0 Å². The maximum atomic E-state index is 12.2. The van der Waals surface area contributed by atoms with E-state index in [0.717, 1.165) is 25.9 Å². The highest BCUT2D eigenvalue weighted by Crippen LogP contribution is 2.27. The SMILES string of the molecule is CCOc1ccc(S(=O)(=O)NCCC2CCNC2)cc1Br. The van der Waals surface area contributed by atoms with Gasteiger partial charge < -0.3 is 10.1 Å². The number of ether oxygens (including phenoxy) is 1. The van der Waals surface area contributed by atoms with Crippen molar-refractivity contribution in [3.63, 3.8) is 0 Å². The van der Waals surface area contributed by atoms with E-state index < -0.39 is 10.0 Å². The first-order valence-corrected chi connectivity index (χ1v) is 9.43. The molecule has 0 bridgehead atoms. The van der Waals surface area contributed by atoms with E-state index in [1.54, 1.807) is 18.2 Å². The fourth-order valence-corrected chi connectivity index (χ4v) is 4.08. The minimum absolute atomic E-state index is 0.252. The predicted octanol–water partition coefficient (Wildman–Crippen LogP) is 2.13. The second-order valence-electron chi connectivity index (χ2n) is 5.07. The normalized spacial score (nSPS) is 18.9. The van der Waals surface area contributed by atoms with Gasteiger partial charge in [0.2, 0.25) is 10.0 Å². The molecule has 1 saturated heterocycles. The van der Waals surface area contributed by atoms with Gasteiger partial charge in [0.15, 0.2) is 0 Å². The van der Waals surface area contributed by atoms with Gasteiger partial charge in [-0.2, -0.15) is 0 Å². The second-order valence-corrected chi connectivity index (χ2v) is 7.69. The molecule has 2 N–H and O–H groups in total. The Morgan fingerprint density at radius 3 is 2.90 bits per heavy atom. The van der Waals surface area contributed by atoms with Crippen LogP contribution in [0.1, 0.15) is 19.8 Å². The zero-order valence-corrected chi connectivity index (χ0v) is 14.5. The van der Waals surface area contributed by atoms with Crippen molar-refractivity contribution in [3.8, 4) is 5.75 Å². The Kier molecular flexibility index (Phi) is 6.04. The molecule has 0 radical (unpaired) electrons. The summed E-state index contributed by atoms with van der Waals surface area (Å²) in [6, 6.07) is 4.81. The van der Waals surface area contributed by atoms with Crippen LogP contribution >= 0.6 is 15.9 Å². The first kappa shape index (κ1) is 16.7. The Bertz CT molecular complexity index is 572. The average Bonchev–Trinajstić information content (AvgIpc) is 2.94. The van der Waals surface area contributed by atoms with Crippen LogP contribution in [0.3, 0.4) is 0 Å². The summed E-state index contributed by atoms with van der Waals surface area (Å²) in [4.78, 5) is 0.252. The monoisotopic (exact) mass is 376 g/mol. The highest BCUT2D eigenvalue weighted by atomic mass is 79.9. The molecule has 1 aromatic carbocycles. The third-order valence-corrected chi connectivity index (χ3v) is 5.60. The number of benzene rings is 1. The van der Waals surface area contributed by atoms with Crippen LogP contribution in [-0.2, 0) is 10.0 Å². The fraction of sp³-hybridized carbons (Fsp3) is 0.571. The third-order valence-electron chi connectivity index (χ3n) is 3.52. The van der Waals surface area contributed by atoms with Crippen LogP contribution in [0.5, 0.6) is 5.75 Å². The molecule has 21 heavy (non-hydrogen) atoms. The lowest BCUT2D eigenvalue weighted by Gasteiger charge is -2.11. The van der Waals surface area contributed by atoms with Crippen molar-refractivity contribution < 1.29 is 13.2 Å². The first-order chi connectivity index (χ1) is 10.0. The third kappa shape index (κ3) is 4.67. The number of hydrogen-bond acceptors (Lipinski definition) is 4. The van der Waals surface area contributed by atoms with Gasteiger partial charge in [-0.3, -0.25) is 0 Å². The van der Waals surface area contributed by atoms with Gasteiger partial charge in [0, 0.05) is 6.54 Å². The highest BCUT2D eigenvalue weighted by molar-refractivity contribution is 9.10. The van der Waals surface area contributed by atoms with Gasteiger partial charge in [0.05, 0.1) is 16.0 Å². The lowest BCUT2D eigenvalue weighted by Crippen LogP contribution is -2.26. The van der Waals surface area contributed by atoms with Crippen molar-refractivity contribution in [1.82, 2.24) is 10.0 Å². The first-order valence-electron chi connectivity index (χ1n) is 7.15. The van der Waals surface area contributed by atoms with Crippen molar-refractivity contribution in [3.05, 3.63) is 22.7 Å². The average molecular weight is 377 g/mol. The molecule has 1 aromatic rings. The Morgan fingerprint density at radius 2 is 2.29 bits per heavy atom. The lowest BCUT2D eigenvalue weighted by atomic mass is 10.1. The predicted molar refractivity (Wildman–Crippen MR) is 86.1 cm³/mol. The molecule has 0 aliphatic carbocycles. The van der Waals surface area contributed by atoms with Crippen LogP contribution in [0.2, 0.25) is 0 Å². The molecule has 0 spiro atoms. The van der Waals surface area contributed by atoms with Crippen LogP contribution < -0.4 is 14.8 Å². The molecule has 5 nitrogen and oxygen atoms in total. The van der Waals surface area contributed by atoms with Gasteiger partial charge >= 0.3 is 0 Å². The van der Waals surface area contributed by atoms with Gasteiger partial charge in [-0.25, -0.2) is 13.1 Å². The van der Waals surface area contributed by atoms with E-state index in [1.807, 2.05) is 6.92 Å². The maximum Gasteiger partial charge on any atom is 0.240 e. The van der Waals surface area contributed by atoms with Gasteiger partial charge in [-0.1, -0.05) is 0 Å². The van der Waals surface area contributed by atoms with E-state index in [-0.39, 0.29) is 4.90 Å². The molecule has 0 aromatic heterocycles. The Morgan fingerprint density at radius 1 is 1.48 bits per heavy atom. The van der Waals surface area contributed by atoms with Gasteiger partial charge in [-0.05, 0) is 72.9 Å². The topological polar surface area (TPSA) is 67.4 Å². The molecule has 0 saturated carbocycles. The lowest BCUT2D eigenvalue weighted by molar-refractivity contribution is 0.338. The summed E-state index contributed by atoms with van der Waals surface area (Å²) in [5.74, 6) is 1.22. The zero-order valence-electron chi connectivity index (χ0n) is 12.1. The van der Waals surface area contributed by atoms with Crippen molar-refractivity contribution in [2.24, 2.45) is 5.92 Å². The van der Waals surface area contributed by atoms with Crippen LogP contribution in [0.25, 0.3) is 0 Å². The van der Waals surface area contributed by atoms with Crippen LogP contribution in [-0.4, -0.2) is 34.7 Å². The summed E-state index contributed by atoms with van der Waals surface area (Å²) < 4.78 is 33.2. The molecule has 1 aliphatic rings. The fourth-order valence-electron chi connectivity index (χ4n) is 2.36. The minimum Gasteiger partial charge on any atom is -0.493 e. The van der Waals surface area contributed by atoms with E-state index in [2.05, 4.69) is 26.0 Å². The maximum absolute atomic E-state index is 12.2. The highest BCUT2D eigenvalue weighted by Gasteiger charge is 2.18. The molecule has 0 amide bonds. The van der Waals surface area contributed by atoms with Crippen molar-refractivity contribution in [2.75, 3.05) is 26.2 Å². The number of rotatable bonds is 7.